The zero-order valence-electron chi connectivity index (χ0n) is 12.0. The van der Waals surface area contributed by atoms with Crippen LogP contribution in [0.4, 0.5) is 5.69 Å². The molecule has 20 heavy (non-hydrogen) atoms. The Morgan fingerprint density at radius 3 is 2.90 bits per heavy atom. The lowest BCUT2D eigenvalue weighted by Gasteiger charge is -2.24. The Kier molecular flexibility index (Phi) is 4.98. The molecule has 0 aliphatic rings. The van der Waals surface area contributed by atoms with Gasteiger partial charge in [0.15, 0.2) is 0 Å². The number of hydrogen-bond acceptors (Lipinski definition) is 4. The number of nitrogens with zero attached hydrogens (tertiary/aromatic N) is 2. The van der Waals surface area contributed by atoms with Crippen molar-refractivity contribution < 1.29 is 0 Å². The molecule has 2 N–H and O–H groups in total. The molecule has 0 aliphatic heterocycles. The Balaban J connectivity index is 1.89. The van der Waals surface area contributed by atoms with Crippen LogP contribution in [-0.2, 0) is 13.0 Å². The van der Waals surface area contributed by atoms with Gasteiger partial charge in [0.1, 0.15) is 0 Å². The van der Waals surface area contributed by atoms with Crippen LogP contribution in [0.2, 0.25) is 0 Å². The minimum Gasteiger partial charge on any atom is -0.398 e. The van der Waals surface area contributed by atoms with E-state index in [0.29, 0.717) is 18.3 Å². The molecule has 2 aromatic rings. The molecule has 2 aromatic heterocycles. The Labute approximate surface area is 123 Å². The number of thiophene rings is 1. The molecule has 2 heterocycles. The molecule has 4 nitrogen and oxygen atoms in total. The predicted octanol–water partition coefficient (Wildman–Crippen LogP) is 2.05. The summed E-state index contributed by atoms with van der Waals surface area (Å²) >= 11 is 1.79. The maximum absolute atomic E-state index is 11.7. The van der Waals surface area contributed by atoms with E-state index in [1.165, 1.54) is 10.9 Å². The number of likely N-dealkylation sites (N-methyl/N-ethyl adjacent to an activating group) is 1. The first-order valence-corrected chi connectivity index (χ1v) is 7.63. The van der Waals surface area contributed by atoms with Crippen molar-refractivity contribution in [1.29, 1.82) is 0 Å². The lowest BCUT2D eigenvalue weighted by Crippen LogP contribution is -2.35. The monoisotopic (exact) mass is 291 g/mol. The van der Waals surface area contributed by atoms with Crippen molar-refractivity contribution in [3.63, 3.8) is 0 Å². The minimum atomic E-state index is -0.00138. The van der Waals surface area contributed by atoms with Gasteiger partial charge in [0.2, 0.25) is 0 Å². The van der Waals surface area contributed by atoms with Gasteiger partial charge < -0.3 is 15.2 Å². The second-order valence-corrected chi connectivity index (χ2v) is 6.14. The highest BCUT2D eigenvalue weighted by Crippen LogP contribution is 2.13. The van der Waals surface area contributed by atoms with Gasteiger partial charge in [-0.2, -0.15) is 0 Å². The number of pyridine rings is 1. The van der Waals surface area contributed by atoms with Crippen LogP contribution in [0.25, 0.3) is 0 Å². The molecule has 1 unspecified atom stereocenters. The summed E-state index contributed by atoms with van der Waals surface area (Å²) in [6, 6.07) is 7.86. The number of anilines is 1. The summed E-state index contributed by atoms with van der Waals surface area (Å²) in [5, 5.41) is 2.11. The lowest BCUT2D eigenvalue weighted by atomic mass is 10.2. The maximum atomic E-state index is 11.7. The van der Waals surface area contributed by atoms with Gasteiger partial charge in [0, 0.05) is 42.0 Å². The predicted molar refractivity (Wildman–Crippen MR) is 85.2 cm³/mol. The van der Waals surface area contributed by atoms with Crippen LogP contribution in [0.1, 0.15) is 11.8 Å². The van der Waals surface area contributed by atoms with Crippen LogP contribution in [0.5, 0.6) is 0 Å². The van der Waals surface area contributed by atoms with Gasteiger partial charge in [-0.05, 0) is 37.9 Å². The van der Waals surface area contributed by atoms with Crippen molar-refractivity contribution >= 4 is 17.0 Å². The summed E-state index contributed by atoms with van der Waals surface area (Å²) in [6.45, 7) is 3.70. The Morgan fingerprint density at radius 1 is 1.40 bits per heavy atom. The largest absolute Gasteiger partial charge is 0.398 e. The summed E-state index contributed by atoms with van der Waals surface area (Å²) in [7, 11) is 2.09. The van der Waals surface area contributed by atoms with Gasteiger partial charge in [-0.25, -0.2) is 0 Å². The molecule has 0 spiro atoms. The summed E-state index contributed by atoms with van der Waals surface area (Å²) in [6.07, 6.45) is 2.75. The second kappa shape index (κ2) is 6.72. The van der Waals surface area contributed by atoms with E-state index in [4.69, 9.17) is 5.73 Å². The summed E-state index contributed by atoms with van der Waals surface area (Å²) in [5.74, 6) is 0. The molecule has 0 saturated carbocycles. The molecule has 0 saturated heterocycles. The molecule has 108 valence electrons. The second-order valence-electron chi connectivity index (χ2n) is 5.11. The fourth-order valence-corrected chi connectivity index (χ4v) is 2.91. The molecule has 0 aliphatic carbocycles. The Bertz CT molecular complexity index is 591. The van der Waals surface area contributed by atoms with E-state index < -0.39 is 0 Å². The third-order valence-corrected chi connectivity index (χ3v) is 4.43. The van der Waals surface area contributed by atoms with Gasteiger partial charge in [-0.1, -0.05) is 6.07 Å². The first kappa shape index (κ1) is 14.8. The first-order chi connectivity index (χ1) is 9.56. The molecule has 2 rings (SSSR count). The van der Waals surface area contributed by atoms with Crippen LogP contribution in [0, 0.1) is 0 Å². The number of rotatable bonds is 6. The molecule has 1 atom stereocenters. The highest BCUT2D eigenvalue weighted by atomic mass is 32.1. The van der Waals surface area contributed by atoms with Crippen molar-refractivity contribution in [3.8, 4) is 0 Å². The fraction of sp³-hybridized carbons (Fsp3) is 0.400. The third kappa shape index (κ3) is 3.95. The smallest absolute Gasteiger partial charge is 0.250 e. The Morgan fingerprint density at radius 2 is 2.20 bits per heavy atom. The average Bonchev–Trinajstić information content (AvgIpc) is 2.92. The molecule has 0 aromatic carbocycles. The normalized spacial score (nSPS) is 12.8. The van der Waals surface area contributed by atoms with Crippen molar-refractivity contribution in [2.45, 2.75) is 25.9 Å². The van der Waals surface area contributed by atoms with E-state index in [9.17, 15) is 4.79 Å². The molecule has 0 amide bonds. The number of hydrogen-bond donors (Lipinski definition) is 1. The molecule has 0 bridgehead atoms. The maximum Gasteiger partial charge on any atom is 0.250 e. The standard InChI is InChI=1S/C15H21N3OS/c1-12(10-14-4-3-9-20-14)17(2)7-8-18-11-13(16)5-6-15(18)19/h3-6,9,11-12H,7-8,10,16H2,1-2H3. The number of aromatic nitrogens is 1. The molecule has 0 fully saturated rings. The first-order valence-electron chi connectivity index (χ1n) is 6.75. The van der Waals surface area contributed by atoms with Crippen LogP contribution in [0.3, 0.4) is 0 Å². The van der Waals surface area contributed by atoms with Crippen LogP contribution >= 0.6 is 11.3 Å². The van der Waals surface area contributed by atoms with Crippen molar-refractivity contribution in [3.05, 3.63) is 51.1 Å². The highest BCUT2D eigenvalue weighted by Gasteiger charge is 2.10. The quantitative estimate of drug-likeness (QED) is 0.886. The van der Waals surface area contributed by atoms with Crippen molar-refractivity contribution in [2.24, 2.45) is 0 Å². The van der Waals surface area contributed by atoms with Gasteiger partial charge >= 0.3 is 0 Å². The minimum absolute atomic E-state index is 0.00138. The third-order valence-electron chi connectivity index (χ3n) is 3.53. The van der Waals surface area contributed by atoms with E-state index in [0.717, 1.165) is 13.0 Å². The van der Waals surface area contributed by atoms with E-state index in [-0.39, 0.29) is 5.56 Å². The average molecular weight is 291 g/mol. The summed E-state index contributed by atoms with van der Waals surface area (Å²) in [4.78, 5) is 15.4. The van der Waals surface area contributed by atoms with E-state index >= 15 is 0 Å². The lowest BCUT2D eigenvalue weighted by molar-refractivity contribution is 0.246. The number of nitrogens with two attached hydrogens (primary N) is 1. The van der Waals surface area contributed by atoms with Gasteiger partial charge in [-0.3, -0.25) is 4.79 Å². The van der Waals surface area contributed by atoms with E-state index in [1.54, 1.807) is 28.2 Å². The molecular formula is C15H21N3OS. The van der Waals surface area contributed by atoms with Gasteiger partial charge in [-0.15, -0.1) is 11.3 Å². The van der Waals surface area contributed by atoms with Crippen LogP contribution < -0.4 is 11.3 Å². The number of nitrogen functional groups attached to an aromatic ring is 1. The molecule has 0 radical (unpaired) electrons. The summed E-state index contributed by atoms with van der Waals surface area (Å²) < 4.78 is 1.67. The Hall–Kier alpha value is -1.59. The summed E-state index contributed by atoms with van der Waals surface area (Å²) in [5.41, 5.74) is 6.33. The zero-order chi connectivity index (χ0) is 14.5. The topological polar surface area (TPSA) is 51.3 Å². The SMILES string of the molecule is CC(Cc1cccs1)N(C)CCn1cc(N)ccc1=O. The van der Waals surface area contributed by atoms with Crippen molar-refractivity contribution in [1.82, 2.24) is 9.47 Å². The highest BCUT2D eigenvalue weighted by molar-refractivity contribution is 7.09. The van der Waals surface area contributed by atoms with Crippen LogP contribution in [0.15, 0.2) is 40.6 Å². The van der Waals surface area contributed by atoms with E-state index in [2.05, 4.69) is 36.4 Å². The van der Waals surface area contributed by atoms with Gasteiger partial charge in [0.05, 0.1) is 0 Å². The van der Waals surface area contributed by atoms with Crippen LogP contribution in [-0.4, -0.2) is 29.1 Å². The zero-order valence-corrected chi connectivity index (χ0v) is 12.8. The van der Waals surface area contributed by atoms with E-state index in [1.807, 2.05) is 0 Å². The van der Waals surface area contributed by atoms with Crippen molar-refractivity contribution in [2.75, 3.05) is 19.3 Å². The van der Waals surface area contributed by atoms with Gasteiger partial charge in [0.25, 0.3) is 5.56 Å². The molecular weight excluding hydrogens is 270 g/mol. The molecule has 5 heteroatoms. The fourth-order valence-electron chi connectivity index (χ4n) is 2.09.